The number of carbonyl (C=O) groups excluding carboxylic acids is 1. The number of halogens is 1. The van der Waals surface area contributed by atoms with Crippen LogP contribution in [0, 0.1) is 11.8 Å². The zero-order chi connectivity index (χ0) is 10.1. The third kappa shape index (κ3) is 2.17. The molecule has 76 valence electrons. The summed E-state index contributed by atoms with van der Waals surface area (Å²) in [4.78, 5) is 12.7. The minimum absolute atomic E-state index is 0.206. The van der Waals surface area contributed by atoms with Crippen molar-refractivity contribution in [1.29, 1.82) is 0 Å². The number of amides is 1. The van der Waals surface area contributed by atoms with Gasteiger partial charge in [-0.05, 0) is 39.7 Å². The minimum atomic E-state index is 0.206. The number of hydrogen-bond acceptors (Lipinski definition) is 2. The van der Waals surface area contributed by atoms with Crippen molar-refractivity contribution in [2.75, 3.05) is 0 Å². The molecule has 0 unspecified atom stereocenters. The van der Waals surface area contributed by atoms with Gasteiger partial charge in [-0.3, -0.25) is 4.79 Å². The Balaban J connectivity index is 1.83. The summed E-state index contributed by atoms with van der Waals surface area (Å²) >= 11 is 5.10. The highest BCUT2D eigenvalue weighted by molar-refractivity contribution is 9.10. The van der Waals surface area contributed by atoms with E-state index in [1.807, 2.05) is 11.4 Å². The van der Waals surface area contributed by atoms with Crippen LogP contribution in [0.15, 0.2) is 15.9 Å². The van der Waals surface area contributed by atoms with Crippen LogP contribution in [-0.2, 0) is 11.3 Å². The fourth-order valence-electron chi connectivity index (χ4n) is 1.44. The fraction of sp³-hybridized carbons (Fsp3) is 0.500. The Kier molecular flexibility index (Phi) is 2.93. The van der Waals surface area contributed by atoms with E-state index in [1.165, 1.54) is 4.88 Å². The second-order valence-corrected chi connectivity index (χ2v) is 5.58. The summed E-state index contributed by atoms with van der Waals surface area (Å²) < 4.78 is 1.09. The van der Waals surface area contributed by atoms with Gasteiger partial charge in [-0.2, -0.15) is 0 Å². The highest BCUT2D eigenvalue weighted by Gasteiger charge is 2.38. The first-order valence-corrected chi connectivity index (χ1v) is 6.35. The summed E-state index contributed by atoms with van der Waals surface area (Å²) in [6, 6.07) is 2.01. The number of thiophene rings is 1. The lowest BCUT2D eigenvalue weighted by molar-refractivity contribution is -0.122. The van der Waals surface area contributed by atoms with Crippen molar-refractivity contribution in [3.05, 3.63) is 20.8 Å². The zero-order valence-electron chi connectivity index (χ0n) is 7.92. The Hall–Kier alpha value is -0.350. The number of rotatable bonds is 3. The Labute approximate surface area is 95.8 Å². The van der Waals surface area contributed by atoms with Gasteiger partial charge in [-0.1, -0.05) is 6.92 Å². The summed E-state index contributed by atoms with van der Waals surface area (Å²) in [5.74, 6) is 1.06. The summed E-state index contributed by atoms with van der Waals surface area (Å²) in [6.45, 7) is 2.77. The van der Waals surface area contributed by atoms with Crippen LogP contribution in [0.25, 0.3) is 0 Å². The molecule has 2 nitrogen and oxygen atoms in total. The molecule has 1 heterocycles. The normalized spacial score (nSPS) is 24.7. The molecule has 1 N–H and O–H groups in total. The van der Waals surface area contributed by atoms with Crippen molar-refractivity contribution < 1.29 is 4.79 Å². The SMILES string of the molecule is C[C@@H]1C[C@@H]1C(=O)NCc1sccc1Br. The first-order chi connectivity index (χ1) is 6.68. The number of hydrogen-bond donors (Lipinski definition) is 1. The molecule has 1 saturated carbocycles. The summed E-state index contributed by atoms with van der Waals surface area (Å²) in [7, 11) is 0. The average molecular weight is 274 g/mol. The van der Waals surface area contributed by atoms with Crippen molar-refractivity contribution in [3.63, 3.8) is 0 Å². The van der Waals surface area contributed by atoms with Gasteiger partial charge in [-0.15, -0.1) is 11.3 Å². The average Bonchev–Trinajstić information content (AvgIpc) is 2.74. The molecule has 0 aliphatic heterocycles. The molecule has 0 saturated heterocycles. The molecule has 1 aliphatic carbocycles. The van der Waals surface area contributed by atoms with E-state index >= 15 is 0 Å². The lowest BCUT2D eigenvalue weighted by Crippen LogP contribution is -2.24. The van der Waals surface area contributed by atoms with Crippen LogP contribution >= 0.6 is 27.3 Å². The first-order valence-electron chi connectivity index (χ1n) is 4.68. The molecule has 2 rings (SSSR count). The first kappa shape index (κ1) is 10.2. The summed E-state index contributed by atoms with van der Waals surface area (Å²) in [5, 5.41) is 4.98. The van der Waals surface area contributed by atoms with Gasteiger partial charge in [0.05, 0.1) is 6.54 Å². The zero-order valence-corrected chi connectivity index (χ0v) is 10.3. The van der Waals surface area contributed by atoms with Gasteiger partial charge < -0.3 is 5.32 Å². The highest BCUT2D eigenvalue weighted by Crippen LogP contribution is 2.37. The molecule has 0 bridgehead atoms. The predicted molar refractivity (Wildman–Crippen MR) is 61.1 cm³/mol. The standard InChI is InChI=1S/C10H12BrNOS/c1-6-4-7(6)10(13)12-5-9-8(11)2-3-14-9/h2-3,6-7H,4-5H2,1H3,(H,12,13)/t6-,7+/m1/s1. The summed E-state index contributed by atoms with van der Waals surface area (Å²) in [5.41, 5.74) is 0. The number of carbonyl (C=O) groups is 1. The molecule has 0 radical (unpaired) electrons. The van der Waals surface area contributed by atoms with Crippen molar-refractivity contribution in [2.24, 2.45) is 11.8 Å². The lowest BCUT2D eigenvalue weighted by Gasteiger charge is -2.02. The summed E-state index contributed by atoms with van der Waals surface area (Å²) in [6.07, 6.45) is 1.05. The van der Waals surface area contributed by atoms with Crippen molar-refractivity contribution in [3.8, 4) is 0 Å². The molecule has 4 heteroatoms. The van der Waals surface area contributed by atoms with Gasteiger partial charge in [0.1, 0.15) is 0 Å². The van der Waals surface area contributed by atoms with Crippen LogP contribution in [0.5, 0.6) is 0 Å². The second-order valence-electron chi connectivity index (χ2n) is 3.73. The molecule has 0 spiro atoms. The van der Waals surface area contributed by atoms with Crippen LogP contribution in [0.3, 0.4) is 0 Å². The van der Waals surface area contributed by atoms with Crippen LogP contribution in [0.4, 0.5) is 0 Å². The molecule has 1 fully saturated rings. The highest BCUT2D eigenvalue weighted by atomic mass is 79.9. The fourth-order valence-corrected chi connectivity index (χ4v) is 2.87. The topological polar surface area (TPSA) is 29.1 Å². The van der Waals surface area contributed by atoms with Crippen LogP contribution in [-0.4, -0.2) is 5.91 Å². The number of nitrogens with one attached hydrogen (secondary N) is 1. The molecule has 1 aromatic rings. The minimum Gasteiger partial charge on any atom is -0.351 e. The van der Waals surface area contributed by atoms with Crippen molar-refractivity contribution >= 4 is 33.2 Å². The second kappa shape index (κ2) is 4.03. The van der Waals surface area contributed by atoms with Crippen LogP contribution < -0.4 is 5.32 Å². The lowest BCUT2D eigenvalue weighted by atomic mass is 10.3. The molecule has 1 aliphatic rings. The largest absolute Gasteiger partial charge is 0.351 e. The van der Waals surface area contributed by atoms with Crippen LogP contribution in [0.2, 0.25) is 0 Å². The maximum Gasteiger partial charge on any atom is 0.223 e. The van der Waals surface area contributed by atoms with Gasteiger partial charge in [-0.25, -0.2) is 0 Å². The van der Waals surface area contributed by atoms with Crippen molar-refractivity contribution in [2.45, 2.75) is 19.9 Å². The van der Waals surface area contributed by atoms with E-state index in [1.54, 1.807) is 11.3 Å². The van der Waals surface area contributed by atoms with E-state index in [0.29, 0.717) is 12.5 Å². The van der Waals surface area contributed by atoms with Crippen LogP contribution in [0.1, 0.15) is 18.2 Å². The molecule has 0 aromatic carbocycles. The Morgan fingerprint density at radius 2 is 2.50 bits per heavy atom. The van der Waals surface area contributed by atoms with Gasteiger partial charge in [0.15, 0.2) is 0 Å². The third-order valence-electron chi connectivity index (χ3n) is 2.56. The van der Waals surface area contributed by atoms with E-state index < -0.39 is 0 Å². The van der Waals surface area contributed by atoms with E-state index in [-0.39, 0.29) is 11.8 Å². The van der Waals surface area contributed by atoms with Gasteiger partial charge in [0.2, 0.25) is 5.91 Å². The van der Waals surface area contributed by atoms with Gasteiger partial charge in [0, 0.05) is 15.3 Å². The molecule has 1 aromatic heterocycles. The molecule has 2 atom stereocenters. The maximum absolute atomic E-state index is 11.5. The molecular formula is C10H12BrNOS. The monoisotopic (exact) mass is 273 g/mol. The molecular weight excluding hydrogens is 262 g/mol. The van der Waals surface area contributed by atoms with Gasteiger partial charge >= 0.3 is 0 Å². The maximum atomic E-state index is 11.5. The van der Waals surface area contributed by atoms with E-state index in [4.69, 9.17) is 0 Å². The molecule has 1 amide bonds. The van der Waals surface area contributed by atoms with Crippen molar-refractivity contribution in [1.82, 2.24) is 5.32 Å². The Morgan fingerprint density at radius 1 is 1.79 bits per heavy atom. The predicted octanol–water partition coefficient (Wildman–Crippen LogP) is 2.78. The molecule has 14 heavy (non-hydrogen) atoms. The van der Waals surface area contributed by atoms with Gasteiger partial charge in [0.25, 0.3) is 0 Å². The van der Waals surface area contributed by atoms with E-state index in [2.05, 4.69) is 28.2 Å². The Bertz CT molecular complexity index is 350. The van der Waals surface area contributed by atoms with E-state index in [9.17, 15) is 4.79 Å². The smallest absolute Gasteiger partial charge is 0.223 e. The quantitative estimate of drug-likeness (QED) is 0.902. The Morgan fingerprint density at radius 3 is 3.00 bits per heavy atom. The van der Waals surface area contributed by atoms with E-state index in [0.717, 1.165) is 10.9 Å². The third-order valence-corrected chi connectivity index (χ3v) is 4.49.